The van der Waals surface area contributed by atoms with E-state index in [4.69, 9.17) is 5.11 Å². The fourth-order valence-corrected chi connectivity index (χ4v) is 1.51. The quantitative estimate of drug-likeness (QED) is 0.637. The molecule has 0 radical (unpaired) electrons. The molecule has 1 saturated heterocycles. The third-order valence-electron chi connectivity index (χ3n) is 2.32. The van der Waals surface area contributed by atoms with Crippen LogP contribution >= 0.6 is 0 Å². The Balaban J connectivity index is 2.68. The summed E-state index contributed by atoms with van der Waals surface area (Å²) in [5, 5.41) is 11.6. The minimum Gasteiger partial charge on any atom is -0.382 e. The van der Waals surface area contributed by atoms with Crippen molar-refractivity contribution in [3.05, 3.63) is 0 Å². The van der Waals surface area contributed by atoms with E-state index in [1.807, 2.05) is 0 Å². The van der Waals surface area contributed by atoms with Crippen LogP contribution in [0.3, 0.4) is 0 Å². The van der Waals surface area contributed by atoms with Gasteiger partial charge in [-0.15, -0.1) is 0 Å². The fourth-order valence-electron chi connectivity index (χ4n) is 1.51. The first-order valence-electron chi connectivity index (χ1n) is 3.86. The molecule has 2 N–H and O–H groups in total. The fraction of sp³-hybridized carbons (Fsp3) is 1.00. The second-order valence-corrected chi connectivity index (χ2v) is 3.39. The largest absolute Gasteiger partial charge is 0.416 e. The van der Waals surface area contributed by atoms with E-state index in [0.717, 1.165) is 0 Å². The van der Waals surface area contributed by atoms with Crippen molar-refractivity contribution in [2.75, 3.05) is 6.54 Å². The van der Waals surface area contributed by atoms with Gasteiger partial charge in [0.05, 0.1) is 5.54 Å². The van der Waals surface area contributed by atoms with Crippen LogP contribution in [0.5, 0.6) is 0 Å². The van der Waals surface area contributed by atoms with Crippen LogP contribution in [0, 0.1) is 0 Å². The number of hydrogen-bond acceptors (Lipinski definition) is 2. The number of aliphatic hydroxyl groups excluding tert-OH is 1. The molecule has 0 aromatic heterocycles. The monoisotopic (exact) mass is 183 g/mol. The number of aliphatic hydroxyl groups is 1. The molecule has 0 aromatic rings. The summed E-state index contributed by atoms with van der Waals surface area (Å²) in [4.78, 5) is 0. The van der Waals surface area contributed by atoms with Gasteiger partial charge in [0, 0.05) is 0 Å². The third kappa shape index (κ3) is 1.72. The van der Waals surface area contributed by atoms with Crippen molar-refractivity contribution < 1.29 is 18.3 Å². The maximum Gasteiger partial charge on any atom is 0.416 e. The second kappa shape index (κ2) is 2.88. The lowest BCUT2D eigenvalue weighted by Gasteiger charge is -2.31. The summed E-state index contributed by atoms with van der Waals surface area (Å²) in [5.41, 5.74) is -1.18. The molecule has 12 heavy (non-hydrogen) atoms. The minimum absolute atomic E-state index is 0.369. The number of halogens is 3. The smallest absolute Gasteiger partial charge is 0.382 e. The molecule has 0 spiro atoms. The molecule has 1 aliphatic heterocycles. The van der Waals surface area contributed by atoms with Crippen LogP contribution in [0.4, 0.5) is 13.2 Å². The topological polar surface area (TPSA) is 32.3 Å². The van der Waals surface area contributed by atoms with E-state index in [1.54, 1.807) is 0 Å². The molecule has 2 nitrogen and oxygen atoms in total. The van der Waals surface area contributed by atoms with Gasteiger partial charge in [0.1, 0.15) is 0 Å². The highest BCUT2D eigenvalue weighted by atomic mass is 19.4. The number of nitrogens with one attached hydrogen (secondary N) is 1. The van der Waals surface area contributed by atoms with E-state index < -0.39 is 17.8 Å². The van der Waals surface area contributed by atoms with Crippen LogP contribution in [-0.2, 0) is 0 Å². The summed E-state index contributed by atoms with van der Waals surface area (Å²) in [6.07, 6.45) is -5.73. The summed E-state index contributed by atoms with van der Waals surface area (Å²) in [6.45, 7) is 1.95. The number of alkyl halides is 3. The van der Waals surface area contributed by atoms with Crippen LogP contribution < -0.4 is 5.32 Å². The van der Waals surface area contributed by atoms with Gasteiger partial charge in [-0.25, -0.2) is 0 Å². The minimum atomic E-state index is -4.52. The summed E-state index contributed by atoms with van der Waals surface area (Å²) < 4.78 is 36.2. The number of hydrogen-bond donors (Lipinski definition) is 2. The predicted octanol–water partition coefficient (Wildman–Crippen LogP) is 1.05. The van der Waals surface area contributed by atoms with Crippen molar-refractivity contribution in [1.82, 2.24) is 5.32 Å². The predicted molar refractivity (Wildman–Crippen MR) is 37.7 cm³/mol. The van der Waals surface area contributed by atoms with Gasteiger partial charge in [-0.3, -0.25) is 0 Å². The third-order valence-corrected chi connectivity index (χ3v) is 2.32. The van der Waals surface area contributed by atoms with Crippen LogP contribution in [0.25, 0.3) is 0 Å². The zero-order valence-electron chi connectivity index (χ0n) is 6.78. The van der Waals surface area contributed by atoms with E-state index in [-0.39, 0.29) is 0 Å². The van der Waals surface area contributed by atoms with Crippen molar-refractivity contribution >= 4 is 0 Å². The Labute approximate surface area is 68.8 Å². The van der Waals surface area contributed by atoms with Crippen LogP contribution in [0.15, 0.2) is 0 Å². The lowest BCUT2D eigenvalue weighted by molar-refractivity contribution is -0.223. The van der Waals surface area contributed by atoms with Gasteiger partial charge in [-0.1, -0.05) is 0 Å². The van der Waals surface area contributed by atoms with Crippen LogP contribution in [0.1, 0.15) is 19.8 Å². The standard InChI is InChI=1S/C7H12F3NO/c1-6(3-2-4-11-6)5(12)7(8,9)10/h5,11-12H,2-4H2,1H3. The highest BCUT2D eigenvalue weighted by molar-refractivity contribution is 4.97. The highest BCUT2D eigenvalue weighted by Crippen LogP contribution is 2.33. The molecule has 1 rings (SSSR count). The van der Waals surface area contributed by atoms with Gasteiger partial charge in [-0.05, 0) is 26.3 Å². The van der Waals surface area contributed by atoms with Gasteiger partial charge in [0.2, 0.25) is 0 Å². The van der Waals surface area contributed by atoms with Crippen molar-refractivity contribution in [3.8, 4) is 0 Å². The van der Waals surface area contributed by atoms with E-state index in [0.29, 0.717) is 19.4 Å². The SMILES string of the molecule is CC1(C(O)C(F)(F)F)CCCN1. The van der Waals surface area contributed by atoms with E-state index >= 15 is 0 Å². The molecule has 0 aliphatic carbocycles. The van der Waals surface area contributed by atoms with E-state index in [9.17, 15) is 13.2 Å². The molecule has 1 fully saturated rings. The molecule has 0 bridgehead atoms. The summed E-state index contributed by atoms with van der Waals surface area (Å²) in [6, 6.07) is 0. The molecule has 0 saturated carbocycles. The molecule has 2 atom stereocenters. The Morgan fingerprint density at radius 1 is 1.50 bits per heavy atom. The zero-order chi connectivity index (χ0) is 9.41. The summed E-state index contributed by atoms with van der Waals surface area (Å²) in [7, 11) is 0. The Kier molecular flexibility index (Phi) is 2.35. The van der Waals surface area contributed by atoms with Crippen LogP contribution in [0.2, 0.25) is 0 Å². The zero-order valence-corrected chi connectivity index (χ0v) is 6.78. The van der Waals surface area contributed by atoms with Crippen molar-refractivity contribution in [3.63, 3.8) is 0 Å². The molecule has 0 aromatic carbocycles. The molecular formula is C7H12F3NO. The molecule has 5 heteroatoms. The molecule has 1 aliphatic rings. The first-order valence-corrected chi connectivity index (χ1v) is 3.86. The van der Waals surface area contributed by atoms with Crippen molar-refractivity contribution in [2.45, 2.75) is 37.6 Å². The Morgan fingerprint density at radius 3 is 2.42 bits per heavy atom. The van der Waals surface area contributed by atoms with Crippen molar-refractivity contribution in [1.29, 1.82) is 0 Å². The maximum atomic E-state index is 12.1. The normalized spacial score (nSPS) is 33.8. The Hall–Kier alpha value is -0.290. The average molecular weight is 183 g/mol. The van der Waals surface area contributed by atoms with E-state index in [2.05, 4.69) is 5.32 Å². The molecule has 0 amide bonds. The van der Waals surface area contributed by atoms with Crippen molar-refractivity contribution in [2.24, 2.45) is 0 Å². The lowest BCUT2D eigenvalue weighted by Crippen LogP contribution is -2.54. The van der Waals surface area contributed by atoms with Gasteiger partial charge in [0.25, 0.3) is 0 Å². The van der Waals surface area contributed by atoms with Gasteiger partial charge in [-0.2, -0.15) is 13.2 Å². The van der Waals surface area contributed by atoms with Gasteiger partial charge in [0.15, 0.2) is 6.10 Å². The second-order valence-electron chi connectivity index (χ2n) is 3.39. The highest BCUT2D eigenvalue weighted by Gasteiger charge is 2.51. The molecule has 1 heterocycles. The number of rotatable bonds is 1. The molecule has 2 unspecified atom stereocenters. The van der Waals surface area contributed by atoms with Gasteiger partial charge >= 0.3 is 6.18 Å². The summed E-state index contributed by atoms with van der Waals surface area (Å²) >= 11 is 0. The Morgan fingerprint density at radius 2 is 2.08 bits per heavy atom. The molecular weight excluding hydrogens is 171 g/mol. The first-order chi connectivity index (χ1) is 5.36. The summed E-state index contributed by atoms with van der Waals surface area (Å²) in [5.74, 6) is 0. The molecule has 72 valence electrons. The maximum absolute atomic E-state index is 12.1. The lowest BCUT2D eigenvalue weighted by atomic mass is 9.93. The van der Waals surface area contributed by atoms with E-state index in [1.165, 1.54) is 6.92 Å². The first kappa shape index (κ1) is 9.80. The van der Waals surface area contributed by atoms with Gasteiger partial charge < -0.3 is 10.4 Å². The van der Waals surface area contributed by atoms with Crippen LogP contribution in [-0.4, -0.2) is 29.5 Å². The Bertz CT molecular complexity index is 163. The average Bonchev–Trinajstić information content (AvgIpc) is 2.34.